The van der Waals surface area contributed by atoms with Gasteiger partial charge in [0.25, 0.3) is 0 Å². The minimum Gasteiger partial charge on any atom is -0.490 e. The quantitative estimate of drug-likeness (QED) is 0.635. The number of para-hydroxylation sites is 2. The summed E-state index contributed by atoms with van der Waals surface area (Å²) >= 11 is 0. The maximum Gasteiger partial charge on any atom is 0.380 e. The van der Waals surface area contributed by atoms with Crippen LogP contribution in [-0.2, 0) is 4.57 Å². The van der Waals surface area contributed by atoms with Gasteiger partial charge in [0.15, 0.2) is 11.5 Å². The van der Waals surface area contributed by atoms with Crippen LogP contribution in [-0.4, -0.2) is 17.2 Å². The van der Waals surface area contributed by atoms with E-state index < -0.39 is 7.60 Å². The largest absolute Gasteiger partial charge is 0.490 e. The molecule has 1 saturated carbocycles. The van der Waals surface area contributed by atoms with Crippen molar-refractivity contribution in [3.05, 3.63) is 36.9 Å². The summed E-state index contributed by atoms with van der Waals surface area (Å²) in [5.74, 6) is 0.894. The number of allylic oxidation sites excluding steroid dienone is 1. The summed E-state index contributed by atoms with van der Waals surface area (Å²) in [7, 11) is -3.65. The van der Waals surface area contributed by atoms with E-state index in [4.69, 9.17) is 9.26 Å². The fourth-order valence-corrected chi connectivity index (χ4v) is 3.52. The fourth-order valence-electron chi connectivity index (χ4n) is 1.84. The highest BCUT2D eigenvalue weighted by molar-refractivity contribution is 7.54. The van der Waals surface area contributed by atoms with Crippen molar-refractivity contribution in [3.63, 3.8) is 0 Å². The van der Waals surface area contributed by atoms with E-state index in [1.54, 1.807) is 30.3 Å². The van der Waals surface area contributed by atoms with Gasteiger partial charge >= 0.3 is 7.60 Å². The van der Waals surface area contributed by atoms with Crippen LogP contribution in [0.1, 0.15) is 13.3 Å². The van der Waals surface area contributed by atoms with Crippen LogP contribution in [0.3, 0.4) is 0 Å². The van der Waals surface area contributed by atoms with Crippen LogP contribution < -0.4 is 9.26 Å². The Kier molecular flexibility index (Phi) is 3.79. The second-order valence-electron chi connectivity index (χ2n) is 4.24. The molecule has 2 rings (SSSR count). The lowest BCUT2D eigenvalue weighted by molar-refractivity contribution is 0.317. The van der Waals surface area contributed by atoms with E-state index in [0.29, 0.717) is 24.5 Å². The molecule has 1 fully saturated rings. The number of benzene rings is 1. The van der Waals surface area contributed by atoms with Gasteiger partial charge in [0.1, 0.15) is 0 Å². The number of hydrogen-bond donors (Lipinski definition) is 1. The lowest BCUT2D eigenvalue weighted by atomic mass is 10.3. The van der Waals surface area contributed by atoms with E-state index >= 15 is 0 Å². The third kappa shape index (κ3) is 2.77. The van der Waals surface area contributed by atoms with E-state index in [1.807, 2.05) is 6.92 Å². The minimum absolute atomic E-state index is 0.0834. The van der Waals surface area contributed by atoms with Crippen LogP contribution in [0.15, 0.2) is 36.9 Å². The molecule has 0 saturated heterocycles. The Morgan fingerprint density at radius 2 is 2.17 bits per heavy atom. The van der Waals surface area contributed by atoms with Gasteiger partial charge in [-0.25, -0.2) is 4.57 Å². The molecule has 0 spiro atoms. The average Bonchev–Trinajstić information content (AvgIpc) is 3.12. The SMILES string of the molecule is C=C[C@@H]1C[C@@H]1P(=O)(O)Oc1ccccc1OCC. The van der Waals surface area contributed by atoms with E-state index in [9.17, 15) is 9.46 Å². The molecule has 0 amide bonds. The Morgan fingerprint density at radius 1 is 1.50 bits per heavy atom. The van der Waals surface area contributed by atoms with Crippen LogP contribution in [0, 0.1) is 5.92 Å². The summed E-state index contributed by atoms with van der Waals surface area (Å²) in [4.78, 5) is 9.93. The highest BCUT2D eigenvalue weighted by Crippen LogP contribution is 2.62. The number of hydrogen-bond acceptors (Lipinski definition) is 3. The summed E-state index contributed by atoms with van der Waals surface area (Å²) in [6.45, 7) is 5.96. The lowest BCUT2D eigenvalue weighted by Crippen LogP contribution is -2.01. The van der Waals surface area contributed by atoms with Crippen LogP contribution in [0.4, 0.5) is 0 Å². The Bertz CT molecular complexity index is 486. The van der Waals surface area contributed by atoms with Crippen LogP contribution in [0.5, 0.6) is 11.5 Å². The first-order valence-corrected chi connectivity index (χ1v) is 7.59. The second-order valence-corrected chi connectivity index (χ2v) is 6.21. The molecule has 1 aliphatic carbocycles. The zero-order valence-electron chi connectivity index (χ0n) is 10.3. The normalized spacial score (nSPS) is 25.0. The molecule has 18 heavy (non-hydrogen) atoms. The molecule has 0 aliphatic heterocycles. The minimum atomic E-state index is -3.65. The first-order valence-electron chi connectivity index (χ1n) is 5.95. The van der Waals surface area contributed by atoms with E-state index in [1.165, 1.54) is 0 Å². The molecule has 1 aliphatic rings. The molecule has 0 heterocycles. The lowest BCUT2D eigenvalue weighted by Gasteiger charge is -2.15. The van der Waals surface area contributed by atoms with Gasteiger partial charge < -0.3 is 14.2 Å². The summed E-state index contributed by atoms with van der Waals surface area (Å²) < 4.78 is 22.7. The first kappa shape index (κ1) is 13.2. The van der Waals surface area contributed by atoms with Gasteiger partial charge in [-0.05, 0) is 31.4 Å². The predicted molar refractivity (Wildman–Crippen MR) is 70.2 cm³/mol. The average molecular weight is 268 g/mol. The molecular weight excluding hydrogens is 251 g/mol. The number of ether oxygens (including phenoxy) is 1. The van der Waals surface area contributed by atoms with Crippen molar-refractivity contribution < 1.29 is 18.7 Å². The van der Waals surface area contributed by atoms with Gasteiger partial charge in [0.2, 0.25) is 0 Å². The summed E-state index contributed by atoms with van der Waals surface area (Å²) in [6, 6.07) is 6.90. The Labute approximate surface area is 107 Å². The maximum absolute atomic E-state index is 12.1. The van der Waals surface area contributed by atoms with Crippen molar-refractivity contribution in [2.24, 2.45) is 5.92 Å². The van der Waals surface area contributed by atoms with Gasteiger partial charge in [-0.2, -0.15) is 0 Å². The third-order valence-corrected chi connectivity index (χ3v) is 4.80. The zero-order valence-corrected chi connectivity index (χ0v) is 11.2. The van der Waals surface area contributed by atoms with Gasteiger partial charge in [0, 0.05) is 0 Å². The van der Waals surface area contributed by atoms with E-state index in [-0.39, 0.29) is 11.6 Å². The van der Waals surface area contributed by atoms with Crippen LogP contribution in [0.25, 0.3) is 0 Å². The molecule has 98 valence electrons. The zero-order chi connectivity index (χ0) is 13.2. The van der Waals surface area contributed by atoms with Gasteiger partial charge in [-0.15, -0.1) is 6.58 Å². The molecule has 3 atom stereocenters. The number of rotatable bonds is 6. The molecule has 0 aromatic heterocycles. The molecular formula is C13H17O4P. The van der Waals surface area contributed by atoms with Crippen LogP contribution in [0.2, 0.25) is 0 Å². The Balaban J connectivity index is 2.13. The second kappa shape index (κ2) is 5.17. The highest BCUT2D eigenvalue weighted by atomic mass is 31.2. The molecule has 4 nitrogen and oxygen atoms in total. The summed E-state index contributed by atoms with van der Waals surface area (Å²) in [5, 5.41) is 0. The monoisotopic (exact) mass is 268 g/mol. The standard InChI is InChI=1S/C13H17O4P/c1-3-10-9-13(10)18(14,15)17-12-8-6-5-7-11(12)16-4-2/h3,5-8,10,13H,1,4,9H2,2H3,(H,14,15)/t10-,13+/m1/s1. The molecule has 0 bridgehead atoms. The summed E-state index contributed by atoms with van der Waals surface area (Å²) in [5.41, 5.74) is -0.329. The Morgan fingerprint density at radius 3 is 2.72 bits per heavy atom. The van der Waals surface area contributed by atoms with Crippen molar-refractivity contribution in [1.82, 2.24) is 0 Å². The van der Waals surface area contributed by atoms with Crippen molar-refractivity contribution >= 4 is 7.60 Å². The predicted octanol–water partition coefficient (Wildman–Crippen LogP) is 3.22. The van der Waals surface area contributed by atoms with Crippen molar-refractivity contribution in [2.45, 2.75) is 19.0 Å². The first-order chi connectivity index (χ1) is 8.58. The van der Waals surface area contributed by atoms with Crippen molar-refractivity contribution in [2.75, 3.05) is 6.61 Å². The van der Waals surface area contributed by atoms with E-state index in [2.05, 4.69) is 6.58 Å². The molecule has 1 aromatic carbocycles. The molecule has 1 unspecified atom stereocenters. The third-order valence-electron chi connectivity index (χ3n) is 2.90. The smallest absolute Gasteiger partial charge is 0.380 e. The van der Waals surface area contributed by atoms with Gasteiger partial charge in [0.05, 0.1) is 12.3 Å². The molecule has 5 heteroatoms. The molecule has 0 radical (unpaired) electrons. The maximum atomic E-state index is 12.1. The molecule has 1 N–H and O–H groups in total. The topological polar surface area (TPSA) is 55.8 Å². The molecule has 1 aromatic rings. The van der Waals surface area contributed by atoms with Gasteiger partial charge in [-0.3, -0.25) is 0 Å². The van der Waals surface area contributed by atoms with Crippen molar-refractivity contribution in [1.29, 1.82) is 0 Å². The van der Waals surface area contributed by atoms with Gasteiger partial charge in [-0.1, -0.05) is 18.2 Å². The fraction of sp³-hybridized carbons (Fsp3) is 0.385. The highest BCUT2D eigenvalue weighted by Gasteiger charge is 2.50. The van der Waals surface area contributed by atoms with E-state index in [0.717, 1.165) is 0 Å². The van der Waals surface area contributed by atoms with Crippen LogP contribution >= 0.6 is 7.60 Å². The van der Waals surface area contributed by atoms with Crippen molar-refractivity contribution in [3.8, 4) is 11.5 Å². The summed E-state index contributed by atoms with van der Waals surface area (Å²) in [6.07, 6.45) is 2.36. The Hall–Kier alpha value is -1.25.